The number of carbonyl (C=O) groups excluding carboxylic acids is 1. The molecule has 158 valence electrons. The van der Waals surface area contributed by atoms with Crippen molar-refractivity contribution in [3.05, 3.63) is 46.9 Å². The minimum Gasteiger partial charge on any atom is -0.356 e. The fourth-order valence-electron chi connectivity index (χ4n) is 3.94. The van der Waals surface area contributed by atoms with Crippen molar-refractivity contribution in [2.75, 3.05) is 18.0 Å². The van der Waals surface area contributed by atoms with Crippen LogP contribution in [-0.2, 0) is 24.2 Å². The number of benzene rings is 1. The van der Waals surface area contributed by atoms with Crippen LogP contribution < -0.4 is 10.2 Å². The maximum atomic E-state index is 12.4. The largest absolute Gasteiger partial charge is 0.356 e. The Bertz CT molecular complexity index is 1020. The molecular weight excluding hydrogens is 378 g/mol. The van der Waals surface area contributed by atoms with Gasteiger partial charge in [-0.1, -0.05) is 36.3 Å². The van der Waals surface area contributed by atoms with Gasteiger partial charge in [0.15, 0.2) is 0 Å². The second-order valence-electron chi connectivity index (χ2n) is 7.88. The van der Waals surface area contributed by atoms with E-state index in [1.54, 1.807) is 0 Å². The minimum absolute atomic E-state index is 0.00621. The monoisotopic (exact) mass is 407 g/mol. The van der Waals surface area contributed by atoms with E-state index in [0.29, 0.717) is 30.9 Å². The molecule has 30 heavy (non-hydrogen) atoms. The molecule has 1 aromatic carbocycles. The molecule has 0 saturated carbocycles. The van der Waals surface area contributed by atoms with Crippen LogP contribution in [0.5, 0.6) is 0 Å². The Morgan fingerprint density at radius 3 is 2.73 bits per heavy atom. The molecule has 7 nitrogen and oxygen atoms in total. The van der Waals surface area contributed by atoms with Crippen LogP contribution in [0.2, 0.25) is 0 Å². The lowest BCUT2D eigenvalue weighted by Crippen LogP contribution is -2.31. The molecule has 0 bridgehead atoms. The Morgan fingerprint density at radius 1 is 1.17 bits per heavy atom. The van der Waals surface area contributed by atoms with E-state index in [9.17, 15) is 4.79 Å². The summed E-state index contributed by atoms with van der Waals surface area (Å²) in [6.45, 7) is 6.61. The summed E-state index contributed by atoms with van der Waals surface area (Å²) in [4.78, 5) is 24.1. The van der Waals surface area contributed by atoms with Crippen molar-refractivity contribution >= 4 is 22.8 Å². The van der Waals surface area contributed by atoms with Crippen molar-refractivity contribution in [2.24, 2.45) is 0 Å². The van der Waals surface area contributed by atoms with Gasteiger partial charge in [-0.25, -0.2) is 4.98 Å². The van der Waals surface area contributed by atoms with Gasteiger partial charge in [0, 0.05) is 32.5 Å². The number of hydrogen-bond donors (Lipinski definition) is 1. The van der Waals surface area contributed by atoms with Crippen molar-refractivity contribution in [2.45, 2.75) is 58.9 Å². The molecule has 1 amide bonds. The highest BCUT2D eigenvalue weighted by Gasteiger charge is 2.22. The van der Waals surface area contributed by atoms with E-state index in [4.69, 9.17) is 9.51 Å². The first kappa shape index (κ1) is 20.3. The first-order chi connectivity index (χ1) is 14.7. The first-order valence-corrected chi connectivity index (χ1v) is 10.9. The zero-order valence-corrected chi connectivity index (χ0v) is 17.8. The lowest BCUT2D eigenvalue weighted by atomic mass is 10.1. The predicted molar refractivity (Wildman–Crippen MR) is 116 cm³/mol. The quantitative estimate of drug-likeness (QED) is 0.642. The summed E-state index contributed by atoms with van der Waals surface area (Å²) in [6, 6.07) is 8.07. The Kier molecular flexibility index (Phi) is 6.26. The maximum absolute atomic E-state index is 12.4. The second kappa shape index (κ2) is 9.24. The van der Waals surface area contributed by atoms with E-state index in [0.717, 1.165) is 54.8 Å². The van der Waals surface area contributed by atoms with Gasteiger partial charge in [0.25, 0.3) is 5.71 Å². The van der Waals surface area contributed by atoms with E-state index in [1.165, 1.54) is 12.0 Å². The SMILES string of the molecule is CCc1noc2nc(CCC(=O)NCc3ccccc3C)nc(N3CCCCC3)c12. The third-order valence-electron chi connectivity index (χ3n) is 5.74. The Morgan fingerprint density at radius 2 is 1.97 bits per heavy atom. The van der Waals surface area contributed by atoms with Gasteiger partial charge < -0.3 is 14.7 Å². The summed E-state index contributed by atoms with van der Waals surface area (Å²) in [7, 11) is 0. The summed E-state index contributed by atoms with van der Waals surface area (Å²) < 4.78 is 5.51. The zero-order chi connectivity index (χ0) is 20.9. The Hall–Kier alpha value is -2.96. The summed E-state index contributed by atoms with van der Waals surface area (Å²) in [5.41, 5.74) is 3.73. The number of anilines is 1. The lowest BCUT2D eigenvalue weighted by molar-refractivity contribution is -0.121. The van der Waals surface area contributed by atoms with Crippen molar-refractivity contribution in [3.8, 4) is 0 Å². The van der Waals surface area contributed by atoms with E-state index >= 15 is 0 Å². The molecule has 1 saturated heterocycles. The molecule has 1 aliphatic rings. The van der Waals surface area contributed by atoms with E-state index in [2.05, 4.69) is 40.3 Å². The van der Waals surface area contributed by atoms with Crippen molar-refractivity contribution in [1.82, 2.24) is 20.4 Å². The van der Waals surface area contributed by atoms with Crippen LogP contribution in [0.15, 0.2) is 28.8 Å². The number of nitrogens with one attached hydrogen (secondary N) is 1. The van der Waals surface area contributed by atoms with Crippen LogP contribution in [0.3, 0.4) is 0 Å². The fraction of sp³-hybridized carbons (Fsp3) is 0.478. The van der Waals surface area contributed by atoms with E-state index in [1.807, 2.05) is 18.2 Å². The standard InChI is InChI=1S/C23H29N5O2/c1-3-18-21-22(28-13-7-4-8-14-28)25-19(26-23(21)30-27-18)11-12-20(29)24-15-17-10-6-5-9-16(17)2/h5-6,9-10H,3-4,7-8,11-15H2,1-2H3,(H,24,29). The number of carbonyl (C=O) groups is 1. The van der Waals surface area contributed by atoms with Crippen LogP contribution in [0.1, 0.15) is 55.3 Å². The van der Waals surface area contributed by atoms with Gasteiger partial charge >= 0.3 is 0 Å². The molecule has 0 radical (unpaired) electrons. The summed E-state index contributed by atoms with van der Waals surface area (Å²) >= 11 is 0. The van der Waals surface area contributed by atoms with E-state index < -0.39 is 0 Å². The average molecular weight is 408 g/mol. The molecule has 1 fully saturated rings. The highest BCUT2D eigenvalue weighted by molar-refractivity contribution is 5.88. The molecule has 0 spiro atoms. The summed E-state index contributed by atoms with van der Waals surface area (Å²) in [5.74, 6) is 1.54. The normalized spacial score (nSPS) is 14.3. The van der Waals surface area contributed by atoms with Crippen molar-refractivity contribution in [1.29, 1.82) is 0 Å². The summed E-state index contributed by atoms with van der Waals surface area (Å²) in [6.07, 6.45) is 5.16. The van der Waals surface area contributed by atoms with Crippen molar-refractivity contribution in [3.63, 3.8) is 0 Å². The van der Waals surface area contributed by atoms with Crippen LogP contribution >= 0.6 is 0 Å². The van der Waals surface area contributed by atoms with Crippen LogP contribution in [0.25, 0.3) is 11.1 Å². The number of fused-ring (bicyclic) bond motifs is 1. The van der Waals surface area contributed by atoms with Gasteiger partial charge in [-0.3, -0.25) is 4.79 Å². The molecular formula is C23H29N5O2. The number of piperidine rings is 1. The fourth-order valence-corrected chi connectivity index (χ4v) is 3.94. The van der Waals surface area contributed by atoms with Gasteiger partial charge in [-0.05, 0) is 43.7 Å². The third kappa shape index (κ3) is 4.45. The molecule has 0 aliphatic carbocycles. The third-order valence-corrected chi connectivity index (χ3v) is 5.74. The molecule has 4 rings (SSSR count). The first-order valence-electron chi connectivity index (χ1n) is 10.9. The molecule has 3 aromatic rings. The lowest BCUT2D eigenvalue weighted by Gasteiger charge is -2.28. The molecule has 0 atom stereocenters. The summed E-state index contributed by atoms with van der Waals surface area (Å²) in [5, 5.41) is 8.11. The van der Waals surface area contributed by atoms with Gasteiger partial charge in [0.05, 0.1) is 5.69 Å². The smallest absolute Gasteiger partial charge is 0.263 e. The van der Waals surface area contributed by atoms with Gasteiger partial charge in [-0.2, -0.15) is 4.98 Å². The highest BCUT2D eigenvalue weighted by atomic mass is 16.5. The number of nitrogens with zero attached hydrogens (tertiary/aromatic N) is 4. The molecule has 3 heterocycles. The van der Waals surface area contributed by atoms with Gasteiger partial charge in [0.2, 0.25) is 5.91 Å². The van der Waals surface area contributed by atoms with Gasteiger partial charge in [0.1, 0.15) is 17.0 Å². The van der Waals surface area contributed by atoms with Crippen LogP contribution in [0, 0.1) is 6.92 Å². The molecule has 7 heteroatoms. The number of aromatic nitrogens is 3. The topological polar surface area (TPSA) is 84.1 Å². The Balaban J connectivity index is 1.47. The predicted octanol–water partition coefficient (Wildman–Crippen LogP) is 3.73. The number of hydrogen-bond acceptors (Lipinski definition) is 6. The van der Waals surface area contributed by atoms with Crippen molar-refractivity contribution < 1.29 is 9.32 Å². The number of amides is 1. The van der Waals surface area contributed by atoms with Crippen LogP contribution in [0.4, 0.5) is 5.82 Å². The Labute approximate surface area is 176 Å². The maximum Gasteiger partial charge on any atom is 0.263 e. The molecule has 0 unspecified atom stereocenters. The second-order valence-corrected chi connectivity index (χ2v) is 7.88. The molecule has 1 aliphatic heterocycles. The van der Waals surface area contributed by atoms with Crippen LogP contribution in [-0.4, -0.2) is 34.1 Å². The average Bonchev–Trinajstić information content (AvgIpc) is 3.20. The zero-order valence-electron chi connectivity index (χ0n) is 17.8. The molecule has 1 N–H and O–H groups in total. The molecule has 2 aromatic heterocycles. The minimum atomic E-state index is -0.00621. The van der Waals surface area contributed by atoms with Gasteiger partial charge in [-0.15, -0.1) is 0 Å². The number of rotatable bonds is 7. The highest BCUT2D eigenvalue weighted by Crippen LogP contribution is 2.29. The number of aryl methyl sites for hydroxylation is 3. The van der Waals surface area contributed by atoms with E-state index in [-0.39, 0.29) is 5.91 Å².